The van der Waals surface area contributed by atoms with Gasteiger partial charge in [0.2, 0.25) is 5.91 Å². The van der Waals surface area contributed by atoms with E-state index in [-0.39, 0.29) is 25.2 Å². The molecule has 2 aromatic rings. The summed E-state index contributed by atoms with van der Waals surface area (Å²) in [6, 6.07) is 14.7. The van der Waals surface area contributed by atoms with Crippen molar-refractivity contribution in [3.63, 3.8) is 0 Å². The highest BCUT2D eigenvalue weighted by atomic mass is 16.5. The second kappa shape index (κ2) is 10.3. The third-order valence-corrected chi connectivity index (χ3v) is 5.62. The minimum atomic E-state index is -1.24. The first kappa shape index (κ1) is 23.3. The molecule has 2 atom stereocenters. The van der Waals surface area contributed by atoms with E-state index in [4.69, 9.17) is 9.47 Å². The normalized spacial score (nSPS) is 14.1. The van der Waals surface area contributed by atoms with Crippen molar-refractivity contribution in [2.45, 2.75) is 31.4 Å². The van der Waals surface area contributed by atoms with Gasteiger partial charge in [-0.2, -0.15) is 0 Å². The number of carbonyl (C=O) groups is 3. The van der Waals surface area contributed by atoms with Crippen LogP contribution in [0.15, 0.2) is 48.5 Å². The predicted molar refractivity (Wildman–Crippen MR) is 118 cm³/mol. The van der Waals surface area contributed by atoms with E-state index in [9.17, 15) is 19.5 Å². The van der Waals surface area contributed by atoms with E-state index in [1.807, 2.05) is 48.5 Å². The second-order valence-electron chi connectivity index (χ2n) is 7.89. The fourth-order valence-electron chi connectivity index (χ4n) is 3.97. The largest absolute Gasteiger partial charge is 0.481 e. The number of hydrogen-bond donors (Lipinski definition) is 2. The first-order valence-electron chi connectivity index (χ1n) is 10.4. The Labute approximate surface area is 187 Å². The van der Waals surface area contributed by atoms with Gasteiger partial charge in [-0.3, -0.25) is 9.59 Å². The van der Waals surface area contributed by atoms with E-state index in [0.717, 1.165) is 22.3 Å². The molecule has 0 heterocycles. The number of methoxy groups -OCH3 is 1. The van der Waals surface area contributed by atoms with Gasteiger partial charge in [0.05, 0.1) is 12.5 Å². The molecule has 0 saturated carbocycles. The summed E-state index contributed by atoms with van der Waals surface area (Å²) in [6.07, 6.45) is -1.61. The van der Waals surface area contributed by atoms with Gasteiger partial charge in [0.15, 0.2) is 0 Å². The maximum atomic E-state index is 12.7. The Hall–Kier alpha value is -3.39. The Kier molecular flexibility index (Phi) is 7.48. The molecule has 0 aliphatic heterocycles. The van der Waals surface area contributed by atoms with Crippen molar-refractivity contribution in [2.24, 2.45) is 0 Å². The Balaban J connectivity index is 1.67. The van der Waals surface area contributed by atoms with Gasteiger partial charge in [-0.1, -0.05) is 48.5 Å². The minimum absolute atomic E-state index is 0.0738. The number of rotatable bonds is 9. The summed E-state index contributed by atoms with van der Waals surface area (Å²) < 4.78 is 10.6. The molecular weight excluding hydrogens is 412 g/mol. The van der Waals surface area contributed by atoms with Crippen molar-refractivity contribution in [3.8, 4) is 11.1 Å². The summed E-state index contributed by atoms with van der Waals surface area (Å²) in [5.41, 5.74) is 4.33. The van der Waals surface area contributed by atoms with E-state index in [1.165, 1.54) is 19.1 Å². The number of likely N-dealkylation sites (N-methyl/N-ethyl adjacent to an activating group) is 1. The van der Waals surface area contributed by atoms with Crippen LogP contribution < -0.4 is 5.32 Å². The van der Waals surface area contributed by atoms with Crippen LogP contribution in [0.1, 0.15) is 30.4 Å². The Morgan fingerprint density at radius 1 is 1.06 bits per heavy atom. The summed E-state index contributed by atoms with van der Waals surface area (Å²) in [4.78, 5) is 37.8. The zero-order valence-electron chi connectivity index (χ0n) is 18.4. The van der Waals surface area contributed by atoms with Crippen molar-refractivity contribution in [1.29, 1.82) is 0 Å². The number of carboxylic acid groups (broad SMARTS) is 1. The molecule has 8 nitrogen and oxygen atoms in total. The van der Waals surface area contributed by atoms with Gasteiger partial charge >= 0.3 is 12.1 Å². The molecule has 2 aromatic carbocycles. The zero-order valence-corrected chi connectivity index (χ0v) is 18.4. The first-order valence-corrected chi connectivity index (χ1v) is 10.4. The highest BCUT2D eigenvalue weighted by Gasteiger charge is 2.31. The standard InChI is InChI=1S/C24H28N2O6/c1-15(31-3)13-26(2)23(29)21(12-22(27)28)25-24(30)32-14-20-18-10-6-4-8-16(18)17-9-5-7-11-19(17)20/h4-11,15,20-21H,12-14H2,1-3H3,(H,25,30)(H,27,28). The van der Waals surface area contributed by atoms with Crippen LogP contribution in [0.25, 0.3) is 11.1 Å². The number of alkyl carbamates (subject to hydrolysis) is 1. The van der Waals surface area contributed by atoms with Crippen LogP contribution in [0.5, 0.6) is 0 Å². The number of nitrogens with zero attached hydrogens (tertiary/aromatic N) is 1. The van der Waals surface area contributed by atoms with Gasteiger partial charge < -0.3 is 24.8 Å². The lowest BCUT2D eigenvalue weighted by atomic mass is 9.98. The number of ether oxygens (including phenoxy) is 2. The first-order chi connectivity index (χ1) is 15.3. The molecule has 2 unspecified atom stereocenters. The summed E-state index contributed by atoms with van der Waals surface area (Å²) >= 11 is 0. The fraction of sp³-hybridized carbons (Fsp3) is 0.375. The van der Waals surface area contributed by atoms with E-state index in [0.29, 0.717) is 0 Å². The van der Waals surface area contributed by atoms with E-state index in [1.54, 1.807) is 6.92 Å². The average Bonchev–Trinajstić information content (AvgIpc) is 3.10. The summed E-state index contributed by atoms with van der Waals surface area (Å²) in [7, 11) is 3.05. The number of fused-ring (bicyclic) bond motifs is 3. The lowest BCUT2D eigenvalue weighted by Gasteiger charge is -2.25. The number of aliphatic carboxylic acids is 1. The van der Waals surface area contributed by atoms with Crippen LogP contribution >= 0.6 is 0 Å². The maximum Gasteiger partial charge on any atom is 0.407 e. The van der Waals surface area contributed by atoms with Gasteiger partial charge in [-0.05, 0) is 29.2 Å². The van der Waals surface area contributed by atoms with E-state index < -0.39 is 30.4 Å². The van der Waals surface area contributed by atoms with E-state index >= 15 is 0 Å². The Morgan fingerprint density at radius 2 is 1.62 bits per heavy atom. The molecule has 32 heavy (non-hydrogen) atoms. The summed E-state index contributed by atoms with van der Waals surface area (Å²) in [5, 5.41) is 11.6. The number of nitrogens with one attached hydrogen (secondary N) is 1. The topological polar surface area (TPSA) is 105 Å². The Bertz CT molecular complexity index is 946. The highest BCUT2D eigenvalue weighted by Crippen LogP contribution is 2.44. The van der Waals surface area contributed by atoms with Crippen LogP contribution in [0.3, 0.4) is 0 Å². The number of carbonyl (C=O) groups excluding carboxylic acids is 2. The van der Waals surface area contributed by atoms with Crippen LogP contribution in [0.4, 0.5) is 4.79 Å². The average molecular weight is 440 g/mol. The van der Waals surface area contributed by atoms with Crippen molar-refractivity contribution >= 4 is 18.0 Å². The third kappa shape index (κ3) is 5.26. The number of hydrogen-bond acceptors (Lipinski definition) is 5. The molecule has 8 heteroatoms. The third-order valence-electron chi connectivity index (χ3n) is 5.62. The van der Waals surface area contributed by atoms with Gasteiger partial charge in [0.1, 0.15) is 12.6 Å². The van der Waals surface area contributed by atoms with Crippen molar-refractivity contribution in [3.05, 3.63) is 59.7 Å². The number of carboxylic acids is 1. The van der Waals surface area contributed by atoms with Crippen LogP contribution in [0, 0.1) is 0 Å². The molecule has 0 aromatic heterocycles. The lowest BCUT2D eigenvalue weighted by Crippen LogP contribution is -2.50. The number of amides is 2. The number of benzene rings is 2. The molecule has 0 fully saturated rings. The SMILES string of the molecule is COC(C)CN(C)C(=O)C(CC(=O)O)NC(=O)OCC1c2ccccc2-c2ccccc21. The summed E-state index contributed by atoms with van der Waals surface area (Å²) in [5.74, 6) is -1.85. The highest BCUT2D eigenvalue weighted by molar-refractivity contribution is 5.89. The van der Waals surface area contributed by atoms with Gasteiger partial charge in [0.25, 0.3) is 0 Å². The fourth-order valence-corrected chi connectivity index (χ4v) is 3.97. The molecule has 2 N–H and O–H groups in total. The molecule has 1 aliphatic carbocycles. The molecule has 0 saturated heterocycles. The van der Waals surface area contributed by atoms with Crippen LogP contribution in [-0.2, 0) is 19.1 Å². The molecule has 0 radical (unpaired) electrons. The lowest BCUT2D eigenvalue weighted by molar-refractivity contribution is -0.142. The Morgan fingerprint density at radius 3 is 2.16 bits per heavy atom. The molecule has 0 bridgehead atoms. The smallest absolute Gasteiger partial charge is 0.407 e. The molecule has 3 rings (SSSR count). The molecule has 2 amide bonds. The van der Waals surface area contributed by atoms with Crippen molar-refractivity contribution in [2.75, 3.05) is 27.3 Å². The molecule has 170 valence electrons. The quantitative estimate of drug-likeness (QED) is 0.621. The maximum absolute atomic E-state index is 12.7. The molecule has 0 spiro atoms. The second-order valence-corrected chi connectivity index (χ2v) is 7.89. The van der Waals surface area contributed by atoms with Gasteiger partial charge in [-0.25, -0.2) is 4.79 Å². The van der Waals surface area contributed by atoms with Crippen LogP contribution in [0.2, 0.25) is 0 Å². The van der Waals surface area contributed by atoms with E-state index in [2.05, 4.69) is 5.32 Å². The van der Waals surface area contributed by atoms with Gasteiger partial charge in [-0.15, -0.1) is 0 Å². The predicted octanol–water partition coefficient (Wildman–Crippen LogP) is 2.86. The molecular formula is C24H28N2O6. The monoisotopic (exact) mass is 440 g/mol. The van der Waals surface area contributed by atoms with Crippen molar-refractivity contribution < 1.29 is 29.0 Å². The summed E-state index contributed by atoms with van der Waals surface area (Å²) in [6.45, 7) is 2.12. The molecule has 1 aliphatic rings. The zero-order chi connectivity index (χ0) is 23.3. The van der Waals surface area contributed by atoms with Gasteiger partial charge in [0, 0.05) is 26.6 Å². The van der Waals surface area contributed by atoms with Crippen molar-refractivity contribution in [1.82, 2.24) is 10.2 Å². The minimum Gasteiger partial charge on any atom is -0.481 e. The van der Waals surface area contributed by atoms with Crippen LogP contribution in [-0.4, -0.2) is 67.4 Å².